The van der Waals surface area contributed by atoms with Gasteiger partial charge < -0.3 is 14.2 Å². The maximum Gasteiger partial charge on any atom is 0.333 e. The van der Waals surface area contributed by atoms with Crippen LogP contribution in [0.4, 0.5) is 0 Å². The highest BCUT2D eigenvalue weighted by Gasteiger charge is 2.32. The standard InChI is InChI=1S/C50H67N2O3/c1-12-41-31-42(55-32-40-22-16-15-17-23-40)30-38(10)49(41)53-28-18-13-14-19-29-54-50-39(11)51(47-43(34(2)3)24-20-25-44(47)35(4)5)33-52(50)48-45(36(6)7)26-21-27-46(48)37(8)9/h15-17,20-27,30-31,33-37H,12-14,18-19,28-29,32H2,1-11H3/q+1. The van der Waals surface area contributed by atoms with Crippen LogP contribution in [0.1, 0.15) is 156 Å². The summed E-state index contributed by atoms with van der Waals surface area (Å²) in [5.41, 5.74) is 12.6. The van der Waals surface area contributed by atoms with Crippen molar-refractivity contribution >= 4 is 0 Å². The molecule has 5 nitrogen and oxygen atoms in total. The number of para-hydroxylation sites is 2. The largest absolute Gasteiger partial charge is 0.493 e. The molecule has 5 heteroatoms. The van der Waals surface area contributed by atoms with Crippen molar-refractivity contribution in [2.75, 3.05) is 13.2 Å². The van der Waals surface area contributed by atoms with Gasteiger partial charge >= 0.3 is 5.88 Å². The van der Waals surface area contributed by atoms with Gasteiger partial charge in [-0.15, -0.1) is 0 Å². The Kier molecular flexibility index (Phi) is 14.7. The van der Waals surface area contributed by atoms with Crippen molar-refractivity contribution in [3.63, 3.8) is 0 Å². The SMILES string of the molecule is CCc1cc(OCc2ccccc2)cc(C)c1OCCCCCCOc1c(C)n(-c2c(C(C)C)cccc2C(C)C)c[n+]1-c1c(C(C)C)cccc1C(C)C. The van der Waals surface area contributed by atoms with E-state index in [9.17, 15) is 0 Å². The molecule has 1 aromatic heterocycles. The quantitative estimate of drug-likeness (QED) is 0.0624. The highest BCUT2D eigenvalue weighted by molar-refractivity contribution is 5.53. The van der Waals surface area contributed by atoms with Crippen molar-refractivity contribution in [2.24, 2.45) is 0 Å². The van der Waals surface area contributed by atoms with Crippen LogP contribution in [0.15, 0.2) is 85.2 Å². The van der Waals surface area contributed by atoms with Gasteiger partial charge in [0.2, 0.25) is 0 Å². The van der Waals surface area contributed by atoms with E-state index in [-0.39, 0.29) is 0 Å². The van der Waals surface area contributed by atoms with Crippen LogP contribution in [0.5, 0.6) is 17.4 Å². The number of nitrogens with zero attached hydrogens (tertiary/aromatic N) is 2. The van der Waals surface area contributed by atoms with E-state index in [4.69, 9.17) is 14.2 Å². The van der Waals surface area contributed by atoms with Gasteiger partial charge in [-0.3, -0.25) is 0 Å². The average Bonchev–Trinajstić information content (AvgIpc) is 3.49. The van der Waals surface area contributed by atoms with Gasteiger partial charge in [0.25, 0.3) is 6.33 Å². The molecule has 0 bridgehead atoms. The van der Waals surface area contributed by atoms with Gasteiger partial charge in [-0.05, 0) is 91.5 Å². The van der Waals surface area contributed by atoms with Crippen LogP contribution >= 0.6 is 0 Å². The molecule has 0 amide bonds. The van der Waals surface area contributed by atoms with Crippen molar-refractivity contribution in [3.05, 3.63) is 130 Å². The lowest BCUT2D eigenvalue weighted by molar-refractivity contribution is -0.603. The zero-order valence-corrected chi connectivity index (χ0v) is 35.7. The van der Waals surface area contributed by atoms with E-state index in [1.165, 1.54) is 44.8 Å². The molecule has 0 saturated heterocycles. The summed E-state index contributed by atoms with van der Waals surface area (Å²) in [4.78, 5) is 0. The minimum Gasteiger partial charge on any atom is -0.493 e. The highest BCUT2D eigenvalue weighted by Crippen LogP contribution is 2.36. The Hall–Kier alpha value is -4.51. The number of aryl methyl sites for hydroxylation is 2. The number of hydrogen-bond donors (Lipinski definition) is 0. The first-order chi connectivity index (χ1) is 26.4. The number of aromatic nitrogens is 2. The molecule has 0 radical (unpaired) electrons. The Morgan fingerprint density at radius 3 is 1.69 bits per heavy atom. The predicted molar refractivity (Wildman–Crippen MR) is 229 cm³/mol. The molecular weight excluding hydrogens is 677 g/mol. The van der Waals surface area contributed by atoms with E-state index in [0.29, 0.717) is 43.5 Å². The van der Waals surface area contributed by atoms with E-state index in [0.717, 1.165) is 60.7 Å². The molecule has 0 atom stereocenters. The number of imidazole rings is 1. The van der Waals surface area contributed by atoms with E-state index >= 15 is 0 Å². The molecule has 0 spiro atoms. The van der Waals surface area contributed by atoms with Gasteiger partial charge in [0.15, 0.2) is 5.69 Å². The molecule has 0 aliphatic heterocycles. The topological polar surface area (TPSA) is 36.5 Å². The second kappa shape index (κ2) is 19.4. The van der Waals surface area contributed by atoms with Gasteiger partial charge in [-0.1, -0.05) is 129 Å². The predicted octanol–water partition coefficient (Wildman–Crippen LogP) is 13.0. The van der Waals surface area contributed by atoms with E-state index < -0.39 is 0 Å². The first kappa shape index (κ1) is 41.6. The van der Waals surface area contributed by atoms with Crippen LogP contribution in [-0.2, 0) is 13.0 Å². The first-order valence-electron chi connectivity index (χ1n) is 20.9. The Balaban J connectivity index is 1.29. The summed E-state index contributed by atoms with van der Waals surface area (Å²) in [7, 11) is 0. The number of ether oxygens (including phenoxy) is 3. The van der Waals surface area contributed by atoms with Crippen molar-refractivity contribution < 1.29 is 18.8 Å². The van der Waals surface area contributed by atoms with Crippen molar-refractivity contribution in [1.82, 2.24) is 4.57 Å². The van der Waals surface area contributed by atoms with Gasteiger partial charge in [0.1, 0.15) is 29.5 Å². The fourth-order valence-electron chi connectivity index (χ4n) is 7.68. The third kappa shape index (κ3) is 10.0. The minimum absolute atomic E-state index is 0.372. The van der Waals surface area contributed by atoms with E-state index in [1.807, 2.05) is 18.2 Å². The minimum atomic E-state index is 0.372. The molecule has 5 rings (SSSR count). The summed E-state index contributed by atoms with van der Waals surface area (Å²) in [5.74, 6) is 4.36. The number of unbranched alkanes of at least 4 members (excludes halogenated alkanes) is 3. The summed E-state index contributed by atoms with van der Waals surface area (Å²) in [6, 6.07) is 28.2. The highest BCUT2D eigenvalue weighted by atomic mass is 16.5. The molecule has 0 unspecified atom stereocenters. The molecule has 0 saturated carbocycles. The molecule has 0 fully saturated rings. The van der Waals surface area contributed by atoms with Crippen LogP contribution in [0.2, 0.25) is 0 Å². The monoisotopic (exact) mass is 744 g/mol. The van der Waals surface area contributed by atoms with Gasteiger partial charge in [-0.2, -0.15) is 9.13 Å². The summed E-state index contributed by atoms with van der Waals surface area (Å²) in [5, 5.41) is 0. The second-order valence-corrected chi connectivity index (χ2v) is 16.4. The van der Waals surface area contributed by atoms with Gasteiger partial charge in [-0.25, -0.2) is 0 Å². The maximum absolute atomic E-state index is 6.87. The molecule has 294 valence electrons. The van der Waals surface area contributed by atoms with Crippen molar-refractivity contribution in [2.45, 2.75) is 139 Å². The van der Waals surface area contributed by atoms with Crippen LogP contribution in [0.3, 0.4) is 0 Å². The van der Waals surface area contributed by atoms with Crippen LogP contribution < -0.4 is 18.8 Å². The van der Waals surface area contributed by atoms with Crippen LogP contribution in [0, 0.1) is 13.8 Å². The Labute approximate surface area is 332 Å². The average molecular weight is 744 g/mol. The zero-order valence-electron chi connectivity index (χ0n) is 35.7. The molecule has 1 heterocycles. The molecule has 55 heavy (non-hydrogen) atoms. The van der Waals surface area contributed by atoms with Crippen LogP contribution in [0.25, 0.3) is 11.4 Å². The molecule has 4 aromatic carbocycles. The Morgan fingerprint density at radius 2 is 1.15 bits per heavy atom. The summed E-state index contributed by atoms with van der Waals surface area (Å²) >= 11 is 0. The van der Waals surface area contributed by atoms with Gasteiger partial charge in [0.05, 0.1) is 13.2 Å². The molecule has 5 aromatic rings. The smallest absolute Gasteiger partial charge is 0.333 e. The Bertz CT molecular complexity index is 1930. The van der Waals surface area contributed by atoms with E-state index in [2.05, 4.69) is 152 Å². The molecule has 0 aliphatic rings. The maximum atomic E-state index is 6.87. The van der Waals surface area contributed by atoms with Crippen molar-refractivity contribution in [1.29, 1.82) is 0 Å². The number of hydrogen-bond acceptors (Lipinski definition) is 3. The fourth-order valence-corrected chi connectivity index (χ4v) is 7.68. The lowest BCUT2D eigenvalue weighted by Crippen LogP contribution is -2.34. The summed E-state index contributed by atoms with van der Waals surface area (Å²) in [6.45, 7) is 26.8. The number of benzene rings is 4. The fraction of sp³-hybridized carbons (Fsp3) is 0.460. The second-order valence-electron chi connectivity index (χ2n) is 16.4. The third-order valence-electron chi connectivity index (χ3n) is 10.8. The number of rotatable bonds is 19. The molecular formula is C50H67N2O3+. The zero-order chi connectivity index (χ0) is 39.6. The molecule has 0 N–H and O–H groups in total. The Morgan fingerprint density at radius 1 is 0.600 bits per heavy atom. The first-order valence-corrected chi connectivity index (χ1v) is 20.9. The lowest BCUT2D eigenvalue weighted by atomic mass is 9.92. The van der Waals surface area contributed by atoms with Crippen LogP contribution in [-0.4, -0.2) is 17.8 Å². The summed E-state index contributed by atoms with van der Waals surface area (Å²) < 4.78 is 24.2. The molecule has 0 aliphatic carbocycles. The van der Waals surface area contributed by atoms with Gasteiger partial charge in [0, 0.05) is 29.2 Å². The lowest BCUT2D eigenvalue weighted by Gasteiger charge is -2.18. The summed E-state index contributed by atoms with van der Waals surface area (Å²) in [6.07, 6.45) is 7.38. The van der Waals surface area contributed by atoms with E-state index in [1.54, 1.807) is 0 Å². The van der Waals surface area contributed by atoms with Crippen molar-refractivity contribution in [3.8, 4) is 28.8 Å². The third-order valence-corrected chi connectivity index (χ3v) is 10.8. The normalized spacial score (nSPS) is 11.7.